The minimum absolute atomic E-state index is 0.762. The number of anilines is 2. The second-order valence-corrected chi connectivity index (χ2v) is 5.65. The molecule has 2 N–H and O–H groups in total. The highest BCUT2D eigenvalue weighted by Gasteiger charge is 2.04. The number of rotatable bonds is 11. The lowest BCUT2D eigenvalue weighted by molar-refractivity contribution is 0.309. The monoisotopic (exact) mass is 344 g/mol. The van der Waals surface area contributed by atoms with Gasteiger partial charge in [-0.05, 0) is 42.8 Å². The Kier molecular flexibility index (Phi) is 7.76. The van der Waals surface area contributed by atoms with Crippen molar-refractivity contribution in [2.45, 2.75) is 19.8 Å². The molecule has 2 aromatic carbocycles. The van der Waals surface area contributed by atoms with Crippen LogP contribution in [0.1, 0.15) is 19.8 Å². The summed E-state index contributed by atoms with van der Waals surface area (Å²) in [6.45, 7) is 4.48. The van der Waals surface area contributed by atoms with Crippen LogP contribution >= 0.6 is 0 Å². The van der Waals surface area contributed by atoms with Gasteiger partial charge in [0.25, 0.3) is 0 Å². The van der Waals surface area contributed by atoms with E-state index in [2.05, 4.69) is 17.6 Å². The van der Waals surface area contributed by atoms with Gasteiger partial charge in [0.1, 0.15) is 17.2 Å². The highest BCUT2D eigenvalue weighted by molar-refractivity contribution is 5.60. The van der Waals surface area contributed by atoms with Crippen molar-refractivity contribution in [1.29, 1.82) is 0 Å². The molecule has 0 spiro atoms. The Morgan fingerprint density at radius 1 is 0.840 bits per heavy atom. The molecule has 2 rings (SSSR count). The van der Waals surface area contributed by atoms with Gasteiger partial charge in [-0.1, -0.05) is 13.3 Å². The predicted molar refractivity (Wildman–Crippen MR) is 103 cm³/mol. The van der Waals surface area contributed by atoms with Gasteiger partial charge >= 0.3 is 0 Å². The fraction of sp³-hybridized carbons (Fsp3) is 0.400. The van der Waals surface area contributed by atoms with Crippen molar-refractivity contribution < 1.29 is 14.2 Å². The van der Waals surface area contributed by atoms with Crippen molar-refractivity contribution in [3.05, 3.63) is 42.5 Å². The van der Waals surface area contributed by atoms with Crippen LogP contribution in [-0.2, 0) is 0 Å². The molecule has 0 aromatic heterocycles. The molecule has 136 valence electrons. The van der Waals surface area contributed by atoms with Gasteiger partial charge in [0.05, 0.1) is 26.5 Å². The third-order valence-corrected chi connectivity index (χ3v) is 3.80. The number of unbranched alkanes of at least 4 members (excludes halogenated alkanes) is 1. The fourth-order valence-electron chi connectivity index (χ4n) is 2.36. The van der Waals surface area contributed by atoms with E-state index in [-0.39, 0.29) is 0 Å². The lowest BCUT2D eigenvalue weighted by Gasteiger charge is -2.13. The molecule has 0 heterocycles. The molecule has 0 unspecified atom stereocenters. The molecular formula is C20H28N2O3. The number of benzene rings is 2. The molecule has 5 nitrogen and oxygen atoms in total. The van der Waals surface area contributed by atoms with E-state index >= 15 is 0 Å². The summed E-state index contributed by atoms with van der Waals surface area (Å²) in [6, 6.07) is 13.8. The highest BCUT2D eigenvalue weighted by atomic mass is 16.5. The maximum absolute atomic E-state index is 5.67. The van der Waals surface area contributed by atoms with E-state index in [1.54, 1.807) is 14.2 Å². The van der Waals surface area contributed by atoms with Crippen molar-refractivity contribution in [2.24, 2.45) is 0 Å². The Labute approximate surface area is 150 Å². The highest BCUT2D eigenvalue weighted by Crippen LogP contribution is 2.28. The summed E-state index contributed by atoms with van der Waals surface area (Å²) in [6.07, 6.45) is 2.23. The minimum Gasteiger partial charge on any atom is -0.497 e. The number of ether oxygens (including phenoxy) is 3. The van der Waals surface area contributed by atoms with Crippen LogP contribution < -0.4 is 24.8 Å². The molecule has 0 atom stereocenters. The number of methoxy groups -OCH3 is 2. The fourth-order valence-corrected chi connectivity index (χ4v) is 2.36. The third kappa shape index (κ3) is 6.10. The second-order valence-electron chi connectivity index (χ2n) is 5.65. The van der Waals surface area contributed by atoms with Crippen LogP contribution in [0.25, 0.3) is 0 Å². The molecule has 0 aliphatic carbocycles. The van der Waals surface area contributed by atoms with E-state index in [9.17, 15) is 0 Å². The third-order valence-electron chi connectivity index (χ3n) is 3.80. The van der Waals surface area contributed by atoms with Crippen LogP contribution in [0.5, 0.6) is 17.2 Å². The van der Waals surface area contributed by atoms with E-state index in [0.717, 1.165) is 61.2 Å². The first-order valence-corrected chi connectivity index (χ1v) is 8.69. The molecule has 0 amide bonds. The average Bonchev–Trinajstić information content (AvgIpc) is 2.66. The summed E-state index contributed by atoms with van der Waals surface area (Å²) in [5.74, 6) is 2.52. The topological polar surface area (TPSA) is 51.8 Å². The predicted octanol–water partition coefficient (Wildman–Crippen LogP) is 4.41. The normalized spacial score (nSPS) is 10.2. The van der Waals surface area contributed by atoms with Gasteiger partial charge in [-0.25, -0.2) is 0 Å². The molecule has 0 saturated carbocycles. The summed E-state index contributed by atoms with van der Waals surface area (Å²) in [5.41, 5.74) is 1.99. The van der Waals surface area contributed by atoms with Crippen LogP contribution in [0.2, 0.25) is 0 Å². The summed E-state index contributed by atoms with van der Waals surface area (Å²) in [4.78, 5) is 0. The van der Waals surface area contributed by atoms with E-state index < -0.39 is 0 Å². The van der Waals surface area contributed by atoms with E-state index in [1.807, 2.05) is 42.5 Å². The summed E-state index contributed by atoms with van der Waals surface area (Å²) in [7, 11) is 3.32. The van der Waals surface area contributed by atoms with Gasteiger partial charge in [0.15, 0.2) is 0 Å². The first-order chi connectivity index (χ1) is 12.3. The van der Waals surface area contributed by atoms with E-state index in [0.29, 0.717) is 0 Å². The largest absolute Gasteiger partial charge is 0.497 e. The zero-order chi connectivity index (χ0) is 17.9. The second kappa shape index (κ2) is 10.3. The lowest BCUT2D eigenvalue weighted by Crippen LogP contribution is -2.14. The molecule has 0 bridgehead atoms. The molecule has 0 fully saturated rings. The summed E-state index contributed by atoms with van der Waals surface area (Å²) in [5, 5.41) is 6.75. The SMILES string of the molecule is CCCCOc1ccc(NCCNc2cc(OC)ccc2OC)cc1. The Morgan fingerprint density at radius 3 is 2.24 bits per heavy atom. The zero-order valence-corrected chi connectivity index (χ0v) is 15.3. The van der Waals surface area contributed by atoms with Crippen molar-refractivity contribution in [3.63, 3.8) is 0 Å². The maximum atomic E-state index is 5.67. The molecule has 0 aliphatic rings. The quantitative estimate of drug-likeness (QED) is 0.592. The lowest BCUT2D eigenvalue weighted by atomic mass is 10.2. The Balaban J connectivity index is 1.77. The van der Waals surface area contributed by atoms with Crippen molar-refractivity contribution in [1.82, 2.24) is 0 Å². The van der Waals surface area contributed by atoms with Gasteiger partial charge in [-0.15, -0.1) is 0 Å². The first kappa shape index (κ1) is 18.8. The van der Waals surface area contributed by atoms with Crippen molar-refractivity contribution in [3.8, 4) is 17.2 Å². The Bertz CT molecular complexity index is 629. The van der Waals surface area contributed by atoms with Crippen LogP contribution in [0.4, 0.5) is 11.4 Å². The Hall–Kier alpha value is -2.56. The van der Waals surface area contributed by atoms with Gasteiger partial charge in [0, 0.05) is 24.8 Å². The van der Waals surface area contributed by atoms with Crippen LogP contribution in [0.3, 0.4) is 0 Å². The summed E-state index contributed by atoms with van der Waals surface area (Å²) < 4.78 is 16.3. The average molecular weight is 344 g/mol. The van der Waals surface area contributed by atoms with Gasteiger partial charge in [-0.2, -0.15) is 0 Å². The van der Waals surface area contributed by atoms with Crippen molar-refractivity contribution >= 4 is 11.4 Å². The van der Waals surface area contributed by atoms with Crippen LogP contribution in [0, 0.1) is 0 Å². The van der Waals surface area contributed by atoms with Gasteiger partial charge < -0.3 is 24.8 Å². The molecule has 5 heteroatoms. The zero-order valence-electron chi connectivity index (χ0n) is 15.3. The number of nitrogens with one attached hydrogen (secondary N) is 2. The number of hydrogen-bond donors (Lipinski definition) is 2. The van der Waals surface area contributed by atoms with Gasteiger partial charge in [0.2, 0.25) is 0 Å². The summed E-state index contributed by atoms with van der Waals surface area (Å²) >= 11 is 0. The van der Waals surface area contributed by atoms with Crippen LogP contribution in [-0.4, -0.2) is 33.9 Å². The van der Waals surface area contributed by atoms with Crippen molar-refractivity contribution in [2.75, 3.05) is 44.5 Å². The minimum atomic E-state index is 0.762. The maximum Gasteiger partial charge on any atom is 0.142 e. The van der Waals surface area contributed by atoms with Gasteiger partial charge in [-0.3, -0.25) is 0 Å². The molecule has 2 aromatic rings. The molecule has 0 aliphatic heterocycles. The smallest absolute Gasteiger partial charge is 0.142 e. The standard InChI is InChI=1S/C20H28N2O3/c1-4-5-14-25-17-8-6-16(7-9-17)21-12-13-22-19-15-18(23-2)10-11-20(19)24-3/h6-11,15,21-22H,4-5,12-14H2,1-3H3. The molecular weight excluding hydrogens is 316 g/mol. The van der Waals surface area contributed by atoms with E-state index in [1.165, 1.54) is 0 Å². The number of hydrogen-bond acceptors (Lipinski definition) is 5. The molecule has 0 radical (unpaired) electrons. The van der Waals surface area contributed by atoms with Crippen LogP contribution in [0.15, 0.2) is 42.5 Å². The first-order valence-electron chi connectivity index (χ1n) is 8.69. The molecule has 0 saturated heterocycles. The van der Waals surface area contributed by atoms with E-state index in [4.69, 9.17) is 14.2 Å². The Morgan fingerprint density at radius 2 is 1.56 bits per heavy atom. The molecule has 25 heavy (non-hydrogen) atoms.